The molecule has 1 heterocycles. The summed E-state index contributed by atoms with van der Waals surface area (Å²) in [4.78, 5) is 16.1. The highest BCUT2D eigenvalue weighted by Crippen LogP contribution is 2.38. The van der Waals surface area contributed by atoms with Crippen LogP contribution in [0.15, 0.2) is 18.3 Å². The van der Waals surface area contributed by atoms with E-state index in [0.29, 0.717) is 12.0 Å². The molecule has 2 rings (SSSR count). The first-order valence-corrected chi connectivity index (χ1v) is 5.66. The molecule has 1 aliphatic carbocycles. The first-order valence-electron chi connectivity index (χ1n) is 5.66. The Balaban J connectivity index is 2.05. The van der Waals surface area contributed by atoms with Crippen LogP contribution >= 0.6 is 0 Å². The molecule has 0 bridgehead atoms. The number of aryl methyl sites for hydroxylation is 1. The molecule has 0 atom stereocenters. The third-order valence-corrected chi connectivity index (χ3v) is 3.41. The summed E-state index contributed by atoms with van der Waals surface area (Å²) in [6, 6.07) is 3.71. The van der Waals surface area contributed by atoms with Gasteiger partial charge in [-0.2, -0.15) is 0 Å². The van der Waals surface area contributed by atoms with Crippen LogP contribution in [0.1, 0.15) is 41.7 Å². The van der Waals surface area contributed by atoms with E-state index in [2.05, 4.69) is 4.98 Å². The van der Waals surface area contributed by atoms with E-state index in [-0.39, 0.29) is 11.4 Å². The Morgan fingerprint density at radius 1 is 1.50 bits per heavy atom. The zero-order valence-corrected chi connectivity index (χ0v) is 9.82. The Bertz CT molecular complexity index is 374. The van der Waals surface area contributed by atoms with Crippen molar-refractivity contribution in [3.8, 4) is 0 Å². The molecule has 0 amide bonds. The summed E-state index contributed by atoms with van der Waals surface area (Å²) in [5, 5.41) is 0. The van der Waals surface area contributed by atoms with Crippen LogP contribution in [-0.2, 0) is 4.74 Å². The Labute approximate surface area is 95.8 Å². The number of hydrogen-bond donors (Lipinski definition) is 0. The van der Waals surface area contributed by atoms with Gasteiger partial charge in [-0.05, 0) is 38.3 Å². The number of ketones is 1. The Hall–Kier alpha value is -1.22. The first-order chi connectivity index (χ1) is 7.65. The van der Waals surface area contributed by atoms with Gasteiger partial charge in [-0.1, -0.05) is 0 Å². The van der Waals surface area contributed by atoms with Gasteiger partial charge in [-0.15, -0.1) is 0 Å². The monoisotopic (exact) mass is 219 g/mol. The molecule has 1 aliphatic rings. The van der Waals surface area contributed by atoms with E-state index in [1.165, 1.54) is 0 Å². The minimum atomic E-state index is -0.192. The molecule has 0 radical (unpaired) electrons. The van der Waals surface area contributed by atoms with Gasteiger partial charge in [0.05, 0.1) is 5.60 Å². The molecule has 0 unspecified atom stereocenters. The highest BCUT2D eigenvalue weighted by Gasteiger charge is 2.39. The summed E-state index contributed by atoms with van der Waals surface area (Å²) >= 11 is 0. The van der Waals surface area contributed by atoms with Crippen molar-refractivity contribution in [1.29, 1.82) is 0 Å². The molecule has 0 aromatic carbocycles. The predicted octanol–water partition coefficient (Wildman–Crippen LogP) is 2.53. The number of hydrogen-bond acceptors (Lipinski definition) is 3. The molecule has 16 heavy (non-hydrogen) atoms. The van der Waals surface area contributed by atoms with E-state index < -0.39 is 0 Å². The number of methoxy groups -OCH3 is 1. The Kier molecular flexibility index (Phi) is 3.06. The molecule has 86 valence electrons. The Morgan fingerprint density at radius 3 is 2.69 bits per heavy atom. The first kappa shape index (κ1) is 11.3. The standard InChI is InChI=1S/C13H17NO2/c1-10-4-5-11(9-14-10)12(15)8-13(16-2)6-3-7-13/h4-5,9H,3,6-8H2,1-2H3. The summed E-state index contributed by atoms with van der Waals surface area (Å²) in [6.45, 7) is 1.91. The summed E-state index contributed by atoms with van der Waals surface area (Å²) in [7, 11) is 1.69. The van der Waals surface area contributed by atoms with Gasteiger partial charge in [0.2, 0.25) is 0 Å². The topological polar surface area (TPSA) is 39.2 Å². The van der Waals surface area contributed by atoms with E-state index in [0.717, 1.165) is 25.0 Å². The molecule has 1 saturated carbocycles. The van der Waals surface area contributed by atoms with Gasteiger partial charge in [0.25, 0.3) is 0 Å². The molecule has 0 N–H and O–H groups in total. The molecule has 1 aromatic heterocycles. The Morgan fingerprint density at radius 2 is 2.25 bits per heavy atom. The highest BCUT2D eigenvalue weighted by molar-refractivity contribution is 5.96. The summed E-state index contributed by atoms with van der Waals surface area (Å²) < 4.78 is 5.45. The fraction of sp³-hybridized carbons (Fsp3) is 0.538. The van der Waals surface area contributed by atoms with Gasteiger partial charge in [0, 0.05) is 31.0 Å². The molecule has 1 fully saturated rings. The zero-order chi connectivity index (χ0) is 11.6. The molecule has 0 spiro atoms. The second-order valence-corrected chi connectivity index (χ2v) is 4.53. The van der Waals surface area contributed by atoms with Crippen LogP contribution in [0.4, 0.5) is 0 Å². The van der Waals surface area contributed by atoms with Crippen molar-refractivity contribution in [3.05, 3.63) is 29.6 Å². The second-order valence-electron chi connectivity index (χ2n) is 4.53. The average Bonchev–Trinajstić information content (AvgIpc) is 2.24. The van der Waals surface area contributed by atoms with Crippen LogP contribution in [0.2, 0.25) is 0 Å². The normalized spacial score (nSPS) is 17.9. The number of aromatic nitrogens is 1. The van der Waals surface area contributed by atoms with Crippen LogP contribution in [0.5, 0.6) is 0 Å². The number of carbonyl (C=O) groups excluding carboxylic acids is 1. The number of carbonyl (C=O) groups is 1. The van der Waals surface area contributed by atoms with Crippen molar-refractivity contribution in [2.75, 3.05) is 7.11 Å². The minimum absolute atomic E-state index is 0.133. The smallest absolute Gasteiger partial charge is 0.167 e. The molecule has 3 nitrogen and oxygen atoms in total. The third kappa shape index (κ3) is 2.14. The van der Waals surface area contributed by atoms with Crippen molar-refractivity contribution in [2.24, 2.45) is 0 Å². The van der Waals surface area contributed by atoms with E-state index >= 15 is 0 Å². The SMILES string of the molecule is COC1(CC(=O)c2ccc(C)nc2)CCC1. The molecule has 0 aliphatic heterocycles. The van der Waals surface area contributed by atoms with Crippen LogP contribution in [-0.4, -0.2) is 23.5 Å². The van der Waals surface area contributed by atoms with Crippen LogP contribution in [0.3, 0.4) is 0 Å². The van der Waals surface area contributed by atoms with Crippen molar-refractivity contribution in [3.63, 3.8) is 0 Å². The lowest BCUT2D eigenvalue weighted by atomic mass is 9.76. The van der Waals surface area contributed by atoms with Gasteiger partial charge < -0.3 is 4.74 Å². The molecular formula is C13H17NO2. The van der Waals surface area contributed by atoms with Crippen molar-refractivity contribution in [1.82, 2.24) is 4.98 Å². The number of pyridine rings is 1. The number of rotatable bonds is 4. The quantitative estimate of drug-likeness (QED) is 0.730. The lowest BCUT2D eigenvalue weighted by Gasteiger charge is -2.40. The van der Waals surface area contributed by atoms with Crippen molar-refractivity contribution >= 4 is 5.78 Å². The molecule has 1 aromatic rings. The molecule has 0 saturated heterocycles. The summed E-state index contributed by atoms with van der Waals surface area (Å²) in [5.74, 6) is 0.133. The predicted molar refractivity (Wildman–Crippen MR) is 61.5 cm³/mol. The lowest BCUT2D eigenvalue weighted by molar-refractivity contribution is -0.0704. The second kappa shape index (κ2) is 4.34. The van der Waals surface area contributed by atoms with Crippen molar-refractivity contribution < 1.29 is 9.53 Å². The van der Waals surface area contributed by atoms with Gasteiger partial charge in [-0.25, -0.2) is 0 Å². The summed E-state index contributed by atoms with van der Waals surface area (Å²) in [6.07, 6.45) is 5.28. The minimum Gasteiger partial charge on any atom is -0.378 e. The average molecular weight is 219 g/mol. The van der Waals surface area contributed by atoms with E-state index in [1.54, 1.807) is 13.3 Å². The van der Waals surface area contributed by atoms with Crippen LogP contribution in [0.25, 0.3) is 0 Å². The maximum Gasteiger partial charge on any atom is 0.167 e. The lowest BCUT2D eigenvalue weighted by Crippen LogP contribution is -2.41. The molecule has 3 heteroatoms. The van der Waals surface area contributed by atoms with E-state index in [1.807, 2.05) is 19.1 Å². The highest BCUT2D eigenvalue weighted by atomic mass is 16.5. The van der Waals surface area contributed by atoms with E-state index in [9.17, 15) is 4.79 Å². The van der Waals surface area contributed by atoms with Gasteiger partial charge >= 0.3 is 0 Å². The zero-order valence-electron chi connectivity index (χ0n) is 9.82. The van der Waals surface area contributed by atoms with Gasteiger partial charge in [0.1, 0.15) is 0 Å². The number of Topliss-reactive ketones (excluding diaryl/α,β-unsaturated/α-hetero) is 1. The van der Waals surface area contributed by atoms with Gasteiger partial charge in [0.15, 0.2) is 5.78 Å². The summed E-state index contributed by atoms with van der Waals surface area (Å²) in [5.41, 5.74) is 1.43. The fourth-order valence-electron chi connectivity index (χ4n) is 2.05. The third-order valence-electron chi connectivity index (χ3n) is 3.41. The van der Waals surface area contributed by atoms with Crippen LogP contribution < -0.4 is 0 Å². The molecular weight excluding hydrogens is 202 g/mol. The van der Waals surface area contributed by atoms with Crippen LogP contribution in [0, 0.1) is 6.92 Å². The van der Waals surface area contributed by atoms with Gasteiger partial charge in [-0.3, -0.25) is 9.78 Å². The van der Waals surface area contributed by atoms with Crippen molar-refractivity contribution in [2.45, 2.75) is 38.2 Å². The maximum absolute atomic E-state index is 12.0. The van der Waals surface area contributed by atoms with E-state index in [4.69, 9.17) is 4.74 Å². The fourth-order valence-corrected chi connectivity index (χ4v) is 2.05. The largest absolute Gasteiger partial charge is 0.378 e. The maximum atomic E-state index is 12.0. The number of ether oxygens (including phenoxy) is 1. The number of nitrogens with zero attached hydrogens (tertiary/aromatic N) is 1.